The topological polar surface area (TPSA) is 47.4 Å². The zero-order valence-electron chi connectivity index (χ0n) is 18.5. The van der Waals surface area contributed by atoms with Gasteiger partial charge in [0.1, 0.15) is 11.9 Å². The third-order valence-corrected chi connectivity index (χ3v) is 5.19. The second-order valence-corrected chi connectivity index (χ2v) is 8.63. The standard InChI is InChI=1S/C23H37N3O2/c1-7-14-25(15-13-18(8-2)9-3)16-19-11-10-12-20-21(19)24-17-26(20)22(27)28-23(4,5)6/h10-12,17-18H,7-9,13-16H2,1-6H3. The van der Waals surface area contributed by atoms with Gasteiger partial charge in [-0.3, -0.25) is 4.90 Å². The van der Waals surface area contributed by atoms with Gasteiger partial charge in [-0.05, 0) is 64.3 Å². The van der Waals surface area contributed by atoms with Gasteiger partial charge < -0.3 is 4.74 Å². The van der Waals surface area contributed by atoms with Crippen molar-refractivity contribution in [3.63, 3.8) is 0 Å². The summed E-state index contributed by atoms with van der Waals surface area (Å²) in [6, 6.07) is 6.06. The predicted octanol–water partition coefficient (Wildman–Crippen LogP) is 5.86. The Balaban J connectivity index is 2.20. The van der Waals surface area contributed by atoms with Crippen molar-refractivity contribution in [2.45, 2.75) is 79.4 Å². The minimum Gasteiger partial charge on any atom is -0.443 e. The SMILES string of the molecule is CCCN(CCC(CC)CC)Cc1cccc2c1ncn2C(=O)OC(C)(C)C. The largest absolute Gasteiger partial charge is 0.443 e. The molecular formula is C23H37N3O2. The number of para-hydroxylation sites is 1. The monoisotopic (exact) mass is 387 g/mol. The van der Waals surface area contributed by atoms with Crippen molar-refractivity contribution in [1.29, 1.82) is 0 Å². The zero-order chi connectivity index (χ0) is 20.7. The number of aromatic nitrogens is 2. The van der Waals surface area contributed by atoms with Gasteiger partial charge in [-0.25, -0.2) is 14.3 Å². The minimum atomic E-state index is -0.529. The molecule has 0 atom stereocenters. The van der Waals surface area contributed by atoms with Crippen LogP contribution < -0.4 is 0 Å². The van der Waals surface area contributed by atoms with Gasteiger partial charge in [0.15, 0.2) is 0 Å². The summed E-state index contributed by atoms with van der Waals surface area (Å²) in [5, 5.41) is 0. The van der Waals surface area contributed by atoms with Crippen LogP contribution in [0, 0.1) is 5.92 Å². The number of carbonyl (C=O) groups is 1. The van der Waals surface area contributed by atoms with Crippen LogP contribution in [0.1, 0.15) is 72.8 Å². The summed E-state index contributed by atoms with van der Waals surface area (Å²) in [5.41, 5.74) is 2.33. The van der Waals surface area contributed by atoms with E-state index in [0.717, 1.165) is 48.6 Å². The molecule has 0 aliphatic rings. The molecule has 0 aliphatic heterocycles. The maximum atomic E-state index is 12.5. The number of fused-ring (bicyclic) bond motifs is 1. The third kappa shape index (κ3) is 6.06. The summed E-state index contributed by atoms with van der Waals surface area (Å²) in [6.07, 6.45) is 6.04. The van der Waals surface area contributed by atoms with E-state index in [1.54, 1.807) is 6.33 Å². The second kappa shape index (κ2) is 10.1. The Bertz CT molecular complexity index is 757. The van der Waals surface area contributed by atoms with Crippen LogP contribution in [0.2, 0.25) is 0 Å². The van der Waals surface area contributed by atoms with Crippen LogP contribution >= 0.6 is 0 Å². The summed E-state index contributed by atoms with van der Waals surface area (Å²) >= 11 is 0. The first-order valence-electron chi connectivity index (χ1n) is 10.7. The number of ether oxygens (including phenoxy) is 1. The van der Waals surface area contributed by atoms with Crippen molar-refractivity contribution in [1.82, 2.24) is 14.5 Å². The fraction of sp³-hybridized carbons (Fsp3) is 0.652. The molecule has 0 amide bonds. The second-order valence-electron chi connectivity index (χ2n) is 8.63. The maximum absolute atomic E-state index is 12.5. The summed E-state index contributed by atoms with van der Waals surface area (Å²) in [4.78, 5) is 19.6. The molecule has 0 unspecified atom stereocenters. The quantitative estimate of drug-likeness (QED) is 0.541. The molecule has 1 aromatic carbocycles. The average Bonchev–Trinajstić information content (AvgIpc) is 3.06. The van der Waals surface area contributed by atoms with Crippen LogP contribution in [-0.2, 0) is 11.3 Å². The molecule has 5 nitrogen and oxygen atoms in total. The highest BCUT2D eigenvalue weighted by Crippen LogP contribution is 2.22. The van der Waals surface area contributed by atoms with Crippen LogP contribution in [0.15, 0.2) is 24.5 Å². The summed E-state index contributed by atoms with van der Waals surface area (Å²) in [6.45, 7) is 15.4. The maximum Gasteiger partial charge on any atom is 0.420 e. The number of carbonyl (C=O) groups excluding carboxylic acids is 1. The van der Waals surface area contributed by atoms with E-state index in [1.807, 2.05) is 32.9 Å². The normalized spacial score (nSPS) is 12.3. The van der Waals surface area contributed by atoms with Crippen molar-refractivity contribution < 1.29 is 9.53 Å². The molecule has 0 saturated heterocycles. The van der Waals surface area contributed by atoms with Gasteiger partial charge in [-0.2, -0.15) is 0 Å². The highest BCUT2D eigenvalue weighted by molar-refractivity contribution is 5.88. The molecule has 0 aliphatic carbocycles. The van der Waals surface area contributed by atoms with Crippen molar-refractivity contribution >= 4 is 17.1 Å². The van der Waals surface area contributed by atoms with E-state index in [9.17, 15) is 4.79 Å². The lowest BCUT2D eigenvalue weighted by Crippen LogP contribution is -2.27. The lowest BCUT2D eigenvalue weighted by atomic mass is 9.99. The molecular weight excluding hydrogens is 350 g/mol. The van der Waals surface area contributed by atoms with E-state index in [2.05, 4.69) is 36.7 Å². The van der Waals surface area contributed by atoms with Gasteiger partial charge in [0.25, 0.3) is 0 Å². The van der Waals surface area contributed by atoms with Crippen LogP contribution in [0.25, 0.3) is 11.0 Å². The molecule has 0 bridgehead atoms. The van der Waals surface area contributed by atoms with Crippen LogP contribution in [0.5, 0.6) is 0 Å². The molecule has 2 rings (SSSR count). The average molecular weight is 388 g/mol. The first kappa shape index (κ1) is 22.4. The zero-order valence-corrected chi connectivity index (χ0v) is 18.5. The summed E-state index contributed by atoms with van der Waals surface area (Å²) in [5.74, 6) is 0.793. The van der Waals surface area contributed by atoms with Gasteiger partial charge in [-0.1, -0.05) is 45.7 Å². The summed E-state index contributed by atoms with van der Waals surface area (Å²) < 4.78 is 7.03. The van der Waals surface area contributed by atoms with E-state index >= 15 is 0 Å². The van der Waals surface area contributed by atoms with E-state index < -0.39 is 5.60 Å². The predicted molar refractivity (Wildman–Crippen MR) is 116 cm³/mol. The number of hydrogen-bond acceptors (Lipinski definition) is 4. The number of rotatable bonds is 9. The van der Waals surface area contributed by atoms with Gasteiger partial charge in [-0.15, -0.1) is 0 Å². The molecule has 0 spiro atoms. The van der Waals surface area contributed by atoms with Crippen molar-refractivity contribution in [2.75, 3.05) is 13.1 Å². The van der Waals surface area contributed by atoms with Crippen molar-refractivity contribution in [3.8, 4) is 0 Å². The lowest BCUT2D eigenvalue weighted by molar-refractivity contribution is 0.0543. The van der Waals surface area contributed by atoms with Crippen LogP contribution in [-0.4, -0.2) is 39.2 Å². The Labute approximate surface area is 170 Å². The van der Waals surface area contributed by atoms with Crippen LogP contribution in [0.4, 0.5) is 4.79 Å². The lowest BCUT2D eigenvalue weighted by Gasteiger charge is -2.24. The molecule has 156 valence electrons. The molecule has 0 radical (unpaired) electrons. The number of benzene rings is 1. The molecule has 28 heavy (non-hydrogen) atoms. The van der Waals surface area contributed by atoms with Crippen molar-refractivity contribution in [2.24, 2.45) is 5.92 Å². The van der Waals surface area contributed by atoms with E-state index in [4.69, 9.17) is 4.74 Å². The van der Waals surface area contributed by atoms with Crippen LogP contribution in [0.3, 0.4) is 0 Å². The van der Waals surface area contributed by atoms with Gasteiger partial charge in [0.2, 0.25) is 0 Å². The Kier molecular flexibility index (Phi) is 8.05. The summed E-state index contributed by atoms with van der Waals surface area (Å²) in [7, 11) is 0. The first-order chi connectivity index (χ1) is 13.3. The Morgan fingerprint density at radius 1 is 1.18 bits per heavy atom. The Hall–Kier alpha value is -1.88. The van der Waals surface area contributed by atoms with Crippen molar-refractivity contribution in [3.05, 3.63) is 30.1 Å². The molecule has 5 heteroatoms. The number of nitrogens with zero attached hydrogens (tertiary/aromatic N) is 3. The fourth-order valence-electron chi connectivity index (χ4n) is 3.57. The first-order valence-corrected chi connectivity index (χ1v) is 10.7. The van der Waals surface area contributed by atoms with E-state index in [-0.39, 0.29) is 6.09 Å². The van der Waals surface area contributed by atoms with Gasteiger partial charge in [0.05, 0.1) is 11.0 Å². The molecule has 1 aromatic heterocycles. The van der Waals surface area contributed by atoms with E-state index in [0.29, 0.717) is 0 Å². The van der Waals surface area contributed by atoms with Gasteiger partial charge >= 0.3 is 6.09 Å². The molecule has 1 heterocycles. The number of imidazole rings is 1. The Morgan fingerprint density at radius 3 is 2.50 bits per heavy atom. The molecule has 0 N–H and O–H groups in total. The third-order valence-electron chi connectivity index (χ3n) is 5.19. The Morgan fingerprint density at radius 2 is 1.89 bits per heavy atom. The van der Waals surface area contributed by atoms with E-state index in [1.165, 1.54) is 23.8 Å². The molecule has 0 saturated carbocycles. The van der Waals surface area contributed by atoms with Gasteiger partial charge in [0, 0.05) is 6.54 Å². The molecule has 0 fully saturated rings. The highest BCUT2D eigenvalue weighted by atomic mass is 16.6. The molecule has 2 aromatic rings. The fourth-order valence-corrected chi connectivity index (χ4v) is 3.57. The smallest absolute Gasteiger partial charge is 0.420 e. The number of hydrogen-bond donors (Lipinski definition) is 0. The highest BCUT2D eigenvalue weighted by Gasteiger charge is 2.20. The minimum absolute atomic E-state index is 0.383.